The van der Waals surface area contributed by atoms with E-state index in [0.717, 1.165) is 35.4 Å². The van der Waals surface area contributed by atoms with Crippen LogP contribution in [0.3, 0.4) is 0 Å². The first-order valence-electron chi connectivity index (χ1n) is 11.4. The Balaban J connectivity index is 1.34. The number of nitrogens with zero attached hydrogens (tertiary/aromatic N) is 3. The average molecular weight is 476 g/mol. The third-order valence-corrected chi connectivity index (χ3v) is 6.72. The number of carbonyl (C=O) groups excluding carboxylic acids is 2. The second-order valence-corrected chi connectivity index (χ2v) is 9.28. The highest BCUT2D eigenvalue weighted by molar-refractivity contribution is 7.14. The van der Waals surface area contributed by atoms with Crippen LogP contribution >= 0.6 is 11.3 Å². The minimum atomic E-state index is -0.113. The largest absolute Gasteiger partial charge is 0.490 e. The van der Waals surface area contributed by atoms with Gasteiger partial charge in [-0.1, -0.05) is 36.4 Å². The Hall–Kier alpha value is -3.45. The number of anilines is 2. The highest BCUT2D eigenvalue weighted by atomic mass is 32.1. The number of hydrogen-bond acceptors (Lipinski definition) is 5. The van der Waals surface area contributed by atoms with E-state index in [1.165, 1.54) is 18.3 Å². The minimum absolute atomic E-state index is 0.0356. The number of amides is 2. The van der Waals surface area contributed by atoms with Gasteiger partial charge in [0.15, 0.2) is 5.13 Å². The summed E-state index contributed by atoms with van der Waals surface area (Å²) in [7, 11) is 0. The van der Waals surface area contributed by atoms with Crippen LogP contribution in [-0.2, 0) is 9.59 Å². The van der Waals surface area contributed by atoms with Gasteiger partial charge in [-0.2, -0.15) is 0 Å². The van der Waals surface area contributed by atoms with E-state index in [9.17, 15) is 9.59 Å². The molecule has 0 N–H and O–H groups in total. The van der Waals surface area contributed by atoms with E-state index in [2.05, 4.69) is 31.0 Å². The van der Waals surface area contributed by atoms with Crippen molar-refractivity contribution >= 4 is 40.0 Å². The molecule has 0 radical (unpaired) electrons. The first-order chi connectivity index (χ1) is 16.4. The molecule has 2 aromatic carbocycles. The first-order valence-corrected chi connectivity index (χ1v) is 12.3. The molecule has 7 heteroatoms. The van der Waals surface area contributed by atoms with Gasteiger partial charge in [0.05, 0.1) is 11.4 Å². The lowest BCUT2D eigenvalue weighted by molar-refractivity contribution is -0.127. The second kappa shape index (κ2) is 10.7. The molecule has 4 rings (SSSR count). The molecule has 2 heterocycles. The Morgan fingerprint density at radius 1 is 1.06 bits per heavy atom. The summed E-state index contributed by atoms with van der Waals surface area (Å²) in [5.74, 6) is 0.811. The molecule has 0 aliphatic carbocycles. The maximum atomic E-state index is 12.7. The molecule has 1 saturated heterocycles. The summed E-state index contributed by atoms with van der Waals surface area (Å²) >= 11 is 1.37. The molecule has 1 aliphatic heterocycles. The molecule has 6 nitrogen and oxygen atoms in total. The summed E-state index contributed by atoms with van der Waals surface area (Å²) in [4.78, 5) is 32.9. The monoisotopic (exact) mass is 475 g/mol. The minimum Gasteiger partial charge on any atom is -0.490 e. The van der Waals surface area contributed by atoms with Crippen molar-refractivity contribution in [3.8, 4) is 5.75 Å². The van der Waals surface area contributed by atoms with E-state index in [1.54, 1.807) is 17.1 Å². The lowest BCUT2D eigenvalue weighted by Gasteiger charge is -2.32. The molecule has 0 bridgehead atoms. The van der Waals surface area contributed by atoms with Gasteiger partial charge >= 0.3 is 0 Å². The smallest absolute Gasteiger partial charge is 0.246 e. The second-order valence-electron chi connectivity index (χ2n) is 8.44. The zero-order valence-electron chi connectivity index (χ0n) is 19.7. The highest BCUT2D eigenvalue weighted by Crippen LogP contribution is 2.29. The molecular weight excluding hydrogens is 446 g/mol. The lowest BCUT2D eigenvalue weighted by atomic mass is 10.1. The normalized spacial score (nSPS) is 14.4. The van der Waals surface area contributed by atoms with E-state index >= 15 is 0 Å². The Labute approximate surface area is 204 Å². The number of carbonyl (C=O) groups is 2. The van der Waals surface area contributed by atoms with Gasteiger partial charge in [0.1, 0.15) is 11.9 Å². The first kappa shape index (κ1) is 23.7. The maximum absolute atomic E-state index is 12.7. The fraction of sp³-hybridized carbons (Fsp3) is 0.296. The van der Waals surface area contributed by atoms with E-state index in [0.29, 0.717) is 23.9 Å². The fourth-order valence-electron chi connectivity index (χ4n) is 4.07. The third-order valence-electron chi connectivity index (χ3n) is 5.87. The van der Waals surface area contributed by atoms with Crippen molar-refractivity contribution in [3.63, 3.8) is 0 Å². The Morgan fingerprint density at radius 2 is 1.74 bits per heavy atom. The van der Waals surface area contributed by atoms with Gasteiger partial charge in [-0.05, 0) is 43.2 Å². The molecule has 1 aliphatic rings. The van der Waals surface area contributed by atoms with Crippen LogP contribution < -0.4 is 9.64 Å². The number of para-hydroxylation sites is 2. The lowest BCUT2D eigenvalue weighted by Crippen LogP contribution is -2.41. The molecule has 1 aromatic heterocycles. The van der Waals surface area contributed by atoms with Gasteiger partial charge in [-0.25, -0.2) is 4.98 Å². The van der Waals surface area contributed by atoms with Gasteiger partial charge in [-0.3, -0.25) is 14.5 Å². The summed E-state index contributed by atoms with van der Waals surface area (Å²) in [6, 6.07) is 15.6. The van der Waals surface area contributed by atoms with Gasteiger partial charge in [0, 0.05) is 44.3 Å². The van der Waals surface area contributed by atoms with Crippen molar-refractivity contribution in [2.75, 3.05) is 18.0 Å². The number of ether oxygens (including phenoxy) is 1. The summed E-state index contributed by atoms with van der Waals surface area (Å²) in [6.07, 6.45) is 5.00. The molecular formula is C27H29N3O3S. The average Bonchev–Trinajstić information content (AvgIpc) is 3.29. The van der Waals surface area contributed by atoms with Crippen LogP contribution in [0.15, 0.2) is 60.0 Å². The van der Waals surface area contributed by atoms with Crippen molar-refractivity contribution in [3.05, 3.63) is 76.8 Å². The molecule has 34 heavy (non-hydrogen) atoms. The topological polar surface area (TPSA) is 62.7 Å². The number of aryl methyl sites for hydroxylation is 2. The maximum Gasteiger partial charge on any atom is 0.246 e. The quantitative estimate of drug-likeness (QED) is 0.440. The van der Waals surface area contributed by atoms with Gasteiger partial charge in [-0.15, -0.1) is 11.3 Å². The predicted octanol–water partition coefficient (Wildman–Crippen LogP) is 5.53. The summed E-state index contributed by atoms with van der Waals surface area (Å²) in [5, 5.41) is 2.43. The summed E-state index contributed by atoms with van der Waals surface area (Å²) in [6.45, 7) is 6.96. The number of aromatic nitrogens is 1. The van der Waals surface area contributed by atoms with Crippen LogP contribution in [0.4, 0.5) is 10.8 Å². The number of thiazole rings is 1. The van der Waals surface area contributed by atoms with Crippen molar-refractivity contribution < 1.29 is 14.3 Å². The number of piperidine rings is 1. The summed E-state index contributed by atoms with van der Waals surface area (Å²) < 4.78 is 6.26. The molecule has 176 valence electrons. The van der Waals surface area contributed by atoms with Crippen LogP contribution in [0.2, 0.25) is 0 Å². The van der Waals surface area contributed by atoms with E-state index in [4.69, 9.17) is 4.74 Å². The van der Waals surface area contributed by atoms with Crippen molar-refractivity contribution in [2.24, 2.45) is 0 Å². The molecule has 0 saturated carbocycles. The predicted molar refractivity (Wildman–Crippen MR) is 137 cm³/mol. The van der Waals surface area contributed by atoms with Crippen LogP contribution in [0.25, 0.3) is 6.08 Å². The van der Waals surface area contributed by atoms with E-state index in [-0.39, 0.29) is 17.9 Å². The van der Waals surface area contributed by atoms with Crippen LogP contribution in [0, 0.1) is 13.8 Å². The number of likely N-dealkylation sites (tertiary alicyclic amines) is 1. The zero-order chi connectivity index (χ0) is 24.1. The number of hydrogen-bond donors (Lipinski definition) is 0. The molecule has 1 fully saturated rings. The van der Waals surface area contributed by atoms with Crippen molar-refractivity contribution in [2.45, 2.75) is 39.7 Å². The number of rotatable bonds is 6. The highest BCUT2D eigenvalue weighted by Gasteiger charge is 2.24. The molecule has 0 atom stereocenters. The molecule has 2 amide bonds. The number of benzene rings is 2. The van der Waals surface area contributed by atoms with Crippen LogP contribution in [0.5, 0.6) is 5.75 Å². The Bertz CT molecular complexity index is 1160. The van der Waals surface area contributed by atoms with E-state index < -0.39 is 0 Å². The SMILES string of the molecule is CC(=O)N(c1ccccc1)c1nc(/C=C/C(=O)N2CCC(Oc3c(C)cccc3C)CC2)cs1. The fourth-order valence-corrected chi connectivity index (χ4v) is 4.92. The third kappa shape index (κ3) is 5.54. The zero-order valence-corrected chi connectivity index (χ0v) is 20.5. The van der Waals surface area contributed by atoms with Gasteiger partial charge in [0.25, 0.3) is 0 Å². The van der Waals surface area contributed by atoms with Crippen molar-refractivity contribution in [1.82, 2.24) is 9.88 Å². The van der Waals surface area contributed by atoms with Gasteiger partial charge < -0.3 is 9.64 Å². The Morgan fingerprint density at radius 3 is 2.38 bits per heavy atom. The van der Waals surface area contributed by atoms with Gasteiger partial charge in [0.2, 0.25) is 11.8 Å². The molecule has 0 spiro atoms. The standard InChI is InChI=1S/C27H29N3O3S/c1-19-8-7-9-20(2)26(19)33-24-14-16-29(17-15-24)25(32)13-12-22-18-34-27(28-22)30(21(3)31)23-10-5-4-6-11-23/h4-13,18,24H,14-17H2,1-3H3/b13-12+. The molecule has 3 aromatic rings. The van der Waals surface area contributed by atoms with Crippen molar-refractivity contribution in [1.29, 1.82) is 0 Å². The van der Waals surface area contributed by atoms with E-state index in [1.807, 2.05) is 46.7 Å². The van der Waals surface area contributed by atoms with Crippen LogP contribution in [-0.4, -0.2) is 40.9 Å². The molecule has 0 unspecified atom stereocenters. The van der Waals surface area contributed by atoms with Crippen LogP contribution in [0.1, 0.15) is 36.6 Å². The summed E-state index contributed by atoms with van der Waals surface area (Å²) in [5.41, 5.74) is 3.70. The Kier molecular flexibility index (Phi) is 7.43.